The number of nitrogens with one attached hydrogen (secondary N) is 2. The molecule has 0 atom stereocenters. The van der Waals surface area contributed by atoms with Gasteiger partial charge in [-0.1, -0.05) is 23.9 Å². The quantitative estimate of drug-likeness (QED) is 0.419. The van der Waals surface area contributed by atoms with Gasteiger partial charge in [-0.2, -0.15) is 0 Å². The molecule has 3 aromatic rings. The predicted molar refractivity (Wildman–Crippen MR) is 109 cm³/mol. The lowest BCUT2D eigenvalue weighted by molar-refractivity contribution is -0.385. The van der Waals surface area contributed by atoms with Gasteiger partial charge in [0.25, 0.3) is 11.4 Å². The molecular formula is C19H14N4O5S. The molecule has 0 aliphatic heterocycles. The maximum Gasteiger partial charge on any atom is 0.323 e. The number of nitro benzene ring substituents is 2. The summed E-state index contributed by atoms with van der Waals surface area (Å²) in [6.45, 7) is 0. The van der Waals surface area contributed by atoms with Crippen LogP contribution in [0.1, 0.15) is 0 Å². The highest BCUT2D eigenvalue weighted by atomic mass is 32.2. The van der Waals surface area contributed by atoms with Crippen LogP contribution in [-0.4, -0.2) is 15.9 Å². The van der Waals surface area contributed by atoms with Crippen LogP contribution in [0.3, 0.4) is 0 Å². The van der Waals surface area contributed by atoms with Crippen molar-refractivity contribution in [2.45, 2.75) is 9.79 Å². The zero-order valence-corrected chi connectivity index (χ0v) is 15.6. The monoisotopic (exact) mass is 410 g/mol. The lowest BCUT2D eigenvalue weighted by atomic mass is 10.3. The van der Waals surface area contributed by atoms with Crippen LogP contribution in [0, 0.1) is 20.2 Å². The van der Waals surface area contributed by atoms with Gasteiger partial charge in [0.1, 0.15) is 0 Å². The Hall–Kier alpha value is -3.92. The lowest BCUT2D eigenvalue weighted by Crippen LogP contribution is -2.19. The van der Waals surface area contributed by atoms with E-state index >= 15 is 0 Å². The number of nitro groups is 2. The van der Waals surface area contributed by atoms with Gasteiger partial charge >= 0.3 is 6.03 Å². The summed E-state index contributed by atoms with van der Waals surface area (Å²) in [6.07, 6.45) is 0. The van der Waals surface area contributed by atoms with E-state index in [1.54, 1.807) is 24.3 Å². The summed E-state index contributed by atoms with van der Waals surface area (Å²) < 4.78 is 0. The maximum atomic E-state index is 12.3. The normalized spacial score (nSPS) is 10.2. The van der Waals surface area contributed by atoms with Gasteiger partial charge in [-0.05, 0) is 36.4 Å². The summed E-state index contributed by atoms with van der Waals surface area (Å²) in [7, 11) is 0. The Morgan fingerprint density at radius 1 is 0.759 bits per heavy atom. The molecule has 0 saturated carbocycles. The number of hydrogen-bond donors (Lipinski definition) is 2. The van der Waals surface area contributed by atoms with E-state index in [0.29, 0.717) is 11.4 Å². The van der Waals surface area contributed by atoms with Gasteiger partial charge < -0.3 is 10.6 Å². The number of amides is 2. The van der Waals surface area contributed by atoms with E-state index in [-0.39, 0.29) is 11.4 Å². The van der Waals surface area contributed by atoms with Crippen LogP contribution in [0.4, 0.5) is 27.5 Å². The van der Waals surface area contributed by atoms with Crippen molar-refractivity contribution in [3.05, 3.63) is 93.0 Å². The molecule has 0 spiro atoms. The van der Waals surface area contributed by atoms with Crippen LogP contribution in [-0.2, 0) is 0 Å². The van der Waals surface area contributed by atoms with E-state index in [1.165, 1.54) is 48.2 Å². The Balaban J connectivity index is 1.68. The van der Waals surface area contributed by atoms with Gasteiger partial charge in [-0.25, -0.2) is 4.79 Å². The van der Waals surface area contributed by atoms with Crippen LogP contribution in [0.5, 0.6) is 0 Å². The van der Waals surface area contributed by atoms with E-state index in [1.807, 2.05) is 12.1 Å². The van der Waals surface area contributed by atoms with E-state index in [2.05, 4.69) is 10.6 Å². The van der Waals surface area contributed by atoms with Crippen LogP contribution in [0.2, 0.25) is 0 Å². The number of anilines is 2. The number of non-ortho nitro benzene ring substituents is 2. The van der Waals surface area contributed by atoms with Gasteiger partial charge in [0.05, 0.1) is 15.5 Å². The third kappa shape index (κ3) is 5.30. The molecule has 146 valence electrons. The van der Waals surface area contributed by atoms with E-state index in [0.717, 1.165) is 9.79 Å². The number of urea groups is 1. The highest BCUT2D eigenvalue weighted by Gasteiger charge is 2.11. The Morgan fingerprint density at radius 2 is 1.31 bits per heavy atom. The number of rotatable bonds is 6. The lowest BCUT2D eigenvalue weighted by Gasteiger charge is -2.11. The number of nitrogens with zero attached hydrogens (tertiary/aromatic N) is 2. The van der Waals surface area contributed by atoms with Crippen molar-refractivity contribution in [2.75, 3.05) is 10.6 Å². The van der Waals surface area contributed by atoms with Crippen molar-refractivity contribution in [1.82, 2.24) is 0 Å². The summed E-state index contributed by atoms with van der Waals surface area (Å²) in [5, 5.41) is 26.8. The molecule has 0 aliphatic carbocycles. The third-order valence-electron chi connectivity index (χ3n) is 3.75. The Morgan fingerprint density at radius 3 is 1.90 bits per heavy atom. The molecule has 2 N–H and O–H groups in total. The first kappa shape index (κ1) is 19.8. The SMILES string of the molecule is O=C(Nc1ccc([N+](=O)[O-])cc1)Nc1ccccc1Sc1ccc([N+](=O)[O-])cc1. The van der Waals surface area contributed by atoms with Crippen molar-refractivity contribution < 1.29 is 14.6 Å². The summed E-state index contributed by atoms with van der Waals surface area (Å²) in [6, 6.07) is 18.2. The Labute approximate surface area is 169 Å². The minimum atomic E-state index is -0.518. The molecule has 29 heavy (non-hydrogen) atoms. The standard InChI is InChI=1S/C19H14N4O5S/c24-19(20-13-5-7-14(8-6-13)22(25)26)21-17-3-1-2-4-18(17)29-16-11-9-15(10-12-16)23(27)28/h1-12H,(H2,20,21,24). The summed E-state index contributed by atoms with van der Waals surface area (Å²) in [5.74, 6) is 0. The first-order valence-electron chi connectivity index (χ1n) is 8.26. The minimum absolute atomic E-state index is 0.00300. The Bertz CT molecular complexity index is 1050. The zero-order valence-electron chi connectivity index (χ0n) is 14.8. The first-order chi connectivity index (χ1) is 13.9. The number of benzene rings is 3. The molecule has 0 saturated heterocycles. The van der Waals surface area contributed by atoms with Crippen molar-refractivity contribution in [3.63, 3.8) is 0 Å². The smallest absolute Gasteiger partial charge is 0.308 e. The van der Waals surface area contributed by atoms with E-state index in [4.69, 9.17) is 0 Å². The van der Waals surface area contributed by atoms with Crippen molar-refractivity contribution >= 4 is 40.5 Å². The van der Waals surface area contributed by atoms with Gasteiger partial charge in [0.2, 0.25) is 0 Å². The van der Waals surface area contributed by atoms with Crippen LogP contribution >= 0.6 is 11.8 Å². The molecule has 0 aliphatic rings. The van der Waals surface area contributed by atoms with Gasteiger partial charge in [0.15, 0.2) is 0 Å². The largest absolute Gasteiger partial charge is 0.323 e. The van der Waals surface area contributed by atoms with Gasteiger partial charge in [-0.3, -0.25) is 20.2 Å². The molecule has 2 amide bonds. The van der Waals surface area contributed by atoms with E-state index < -0.39 is 15.9 Å². The van der Waals surface area contributed by atoms with Crippen LogP contribution < -0.4 is 10.6 Å². The molecule has 0 aromatic heterocycles. The topological polar surface area (TPSA) is 127 Å². The third-order valence-corrected chi connectivity index (χ3v) is 4.83. The summed E-state index contributed by atoms with van der Waals surface area (Å²) in [5.41, 5.74) is 0.896. The van der Waals surface area contributed by atoms with Crippen LogP contribution in [0.15, 0.2) is 82.6 Å². The van der Waals surface area contributed by atoms with Gasteiger partial charge in [0, 0.05) is 39.7 Å². The van der Waals surface area contributed by atoms with Gasteiger partial charge in [-0.15, -0.1) is 0 Å². The second-order valence-corrected chi connectivity index (χ2v) is 6.85. The highest BCUT2D eigenvalue weighted by molar-refractivity contribution is 7.99. The fourth-order valence-electron chi connectivity index (χ4n) is 2.37. The second-order valence-electron chi connectivity index (χ2n) is 5.73. The fourth-order valence-corrected chi connectivity index (χ4v) is 3.27. The average molecular weight is 410 g/mol. The highest BCUT2D eigenvalue weighted by Crippen LogP contribution is 2.34. The predicted octanol–water partition coefficient (Wildman–Crippen LogP) is 5.30. The minimum Gasteiger partial charge on any atom is -0.308 e. The van der Waals surface area contributed by atoms with Crippen LogP contribution in [0.25, 0.3) is 0 Å². The molecule has 0 unspecified atom stereocenters. The first-order valence-corrected chi connectivity index (χ1v) is 9.08. The van der Waals surface area contributed by atoms with Crippen molar-refractivity contribution in [3.8, 4) is 0 Å². The van der Waals surface area contributed by atoms with Crippen molar-refractivity contribution in [2.24, 2.45) is 0 Å². The number of hydrogen-bond acceptors (Lipinski definition) is 6. The zero-order chi connectivity index (χ0) is 20.8. The molecule has 0 bridgehead atoms. The number of para-hydroxylation sites is 1. The molecule has 0 fully saturated rings. The summed E-state index contributed by atoms with van der Waals surface area (Å²) >= 11 is 1.35. The summed E-state index contributed by atoms with van der Waals surface area (Å²) in [4.78, 5) is 34.3. The molecule has 3 aromatic carbocycles. The fraction of sp³-hybridized carbons (Fsp3) is 0. The molecule has 0 heterocycles. The molecule has 9 nitrogen and oxygen atoms in total. The number of carbonyl (C=O) groups excluding carboxylic acids is 1. The Kier molecular flexibility index (Phi) is 6.05. The maximum absolute atomic E-state index is 12.3. The average Bonchev–Trinajstić information content (AvgIpc) is 2.70. The second kappa shape index (κ2) is 8.85. The molecule has 3 rings (SSSR count). The molecule has 10 heteroatoms. The molecular weight excluding hydrogens is 396 g/mol. The molecule has 0 radical (unpaired) electrons. The number of carbonyl (C=O) groups is 1. The van der Waals surface area contributed by atoms with Crippen molar-refractivity contribution in [1.29, 1.82) is 0 Å². The van der Waals surface area contributed by atoms with E-state index in [9.17, 15) is 25.0 Å².